The number of pyridine rings is 1. The van der Waals surface area contributed by atoms with Gasteiger partial charge in [-0.3, -0.25) is 5.10 Å². The second-order valence-corrected chi connectivity index (χ2v) is 4.98. The number of hydrogen-bond donors (Lipinski definition) is 1. The van der Waals surface area contributed by atoms with Crippen LogP contribution in [0.25, 0.3) is 22.3 Å². The number of methoxy groups -OCH3 is 1. The Bertz CT molecular complexity index is 900. The first kappa shape index (κ1) is 15.7. The molecule has 0 amide bonds. The largest absolute Gasteiger partial charge is 0.465 e. The minimum absolute atomic E-state index is 0.281. The van der Waals surface area contributed by atoms with Gasteiger partial charge < -0.3 is 9.47 Å². The van der Waals surface area contributed by atoms with Crippen molar-refractivity contribution in [2.24, 2.45) is 0 Å². The highest BCUT2D eigenvalue weighted by Gasteiger charge is 2.16. The molecule has 24 heavy (non-hydrogen) atoms. The number of ether oxygens (including phenoxy) is 2. The van der Waals surface area contributed by atoms with E-state index >= 15 is 0 Å². The smallest absolute Gasteiger partial charge is 0.339 e. The Morgan fingerprint density at radius 2 is 1.92 bits per heavy atom. The van der Waals surface area contributed by atoms with E-state index in [-0.39, 0.29) is 6.61 Å². The molecule has 0 aliphatic carbocycles. The average molecular weight is 325 g/mol. The van der Waals surface area contributed by atoms with Crippen molar-refractivity contribution in [1.29, 1.82) is 0 Å². The predicted octanol–water partition coefficient (Wildman–Crippen LogP) is 2.59. The fourth-order valence-corrected chi connectivity index (χ4v) is 2.35. The van der Waals surface area contributed by atoms with Crippen LogP contribution in [0.5, 0.6) is 0 Å². The van der Waals surface area contributed by atoms with Gasteiger partial charge in [-0.2, -0.15) is 5.10 Å². The number of aromatic amines is 1. The molecule has 0 aliphatic rings. The number of carbonyl (C=O) groups excluding carboxylic acids is 2. The molecule has 0 unspecified atom stereocenters. The predicted molar refractivity (Wildman–Crippen MR) is 86.6 cm³/mol. The van der Waals surface area contributed by atoms with Crippen molar-refractivity contribution < 1.29 is 19.1 Å². The van der Waals surface area contributed by atoms with Crippen molar-refractivity contribution in [2.75, 3.05) is 13.7 Å². The molecular weight excluding hydrogens is 310 g/mol. The number of nitrogens with one attached hydrogen (secondary N) is 1. The van der Waals surface area contributed by atoms with Gasteiger partial charge in [-0.15, -0.1) is 0 Å². The van der Waals surface area contributed by atoms with Crippen LogP contribution in [0.2, 0.25) is 0 Å². The summed E-state index contributed by atoms with van der Waals surface area (Å²) in [5.74, 6) is -0.843. The third-order valence-corrected chi connectivity index (χ3v) is 3.52. The molecule has 7 nitrogen and oxygen atoms in total. The second kappa shape index (κ2) is 6.49. The van der Waals surface area contributed by atoms with E-state index in [0.29, 0.717) is 27.9 Å². The summed E-state index contributed by atoms with van der Waals surface area (Å²) in [5, 5.41) is 7.29. The fourth-order valence-electron chi connectivity index (χ4n) is 2.35. The number of esters is 2. The number of fused-ring (bicyclic) bond motifs is 1. The van der Waals surface area contributed by atoms with Crippen molar-refractivity contribution in [3.8, 4) is 11.3 Å². The summed E-state index contributed by atoms with van der Waals surface area (Å²) < 4.78 is 9.77. The first-order valence-electron chi connectivity index (χ1n) is 7.34. The van der Waals surface area contributed by atoms with Crippen LogP contribution >= 0.6 is 0 Å². The maximum absolute atomic E-state index is 12.2. The summed E-state index contributed by atoms with van der Waals surface area (Å²) >= 11 is 0. The molecule has 1 aromatic carbocycles. The lowest BCUT2D eigenvalue weighted by atomic mass is 10.1. The molecule has 2 heterocycles. The number of aromatic nitrogens is 3. The van der Waals surface area contributed by atoms with Crippen LogP contribution in [0, 0.1) is 0 Å². The Balaban J connectivity index is 2.06. The lowest BCUT2D eigenvalue weighted by molar-refractivity contribution is 0.0527. The van der Waals surface area contributed by atoms with Gasteiger partial charge in [0.2, 0.25) is 0 Å². The van der Waals surface area contributed by atoms with Gasteiger partial charge in [-0.05, 0) is 25.1 Å². The molecule has 7 heteroatoms. The number of H-pyrrole nitrogens is 1. The third-order valence-electron chi connectivity index (χ3n) is 3.52. The zero-order chi connectivity index (χ0) is 17.1. The number of nitrogens with zero attached hydrogens (tertiary/aromatic N) is 2. The van der Waals surface area contributed by atoms with Crippen LogP contribution < -0.4 is 0 Å². The summed E-state index contributed by atoms with van der Waals surface area (Å²) in [6, 6.07) is 8.43. The second-order valence-electron chi connectivity index (χ2n) is 4.98. The molecule has 3 aromatic rings. The Morgan fingerprint density at radius 3 is 2.58 bits per heavy atom. The van der Waals surface area contributed by atoms with Crippen molar-refractivity contribution in [1.82, 2.24) is 15.2 Å². The van der Waals surface area contributed by atoms with Crippen LogP contribution in [0.4, 0.5) is 0 Å². The Labute approximate surface area is 137 Å². The highest BCUT2D eigenvalue weighted by Crippen LogP contribution is 2.24. The monoisotopic (exact) mass is 325 g/mol. The van der Waals surface area contributed by atoms with Crippen molar-refractivity contribution >= 4 is 23.0 Å². The van der Waals surface area contributed by atoms with E-state index in [4.69, 9.17) is 4.74 Å². The topological polar surface area (TPSA) is 94.2 Å². The Kier molecular flexibility index (Phi) is 4.24. The zero-order valence-corrected chi connectivity index (χ0v) is 13.2. The first-order chi connectivity index (χ1) is 11.6. The maximum Gasteiger partial charge on any atom is 0.339 e. The van der Waals surface area contributed by atoms with Crippen LogP contribution in [-0.4, -0.2) is 40.8 Å². The van der Waals surface area contributed by atoms with E-state index in [1.807, 2.05) is 0 Å². The summed E-state index contributed by atoms with van der Waals surface area (Å²) in [4.78, 5) is 28.1. The Hall–Kier alpha value is -3.22. The molecule has 0 aliphatic heterocycles. The van der Waals surface area contributed by atoms with Crippen molar-refractivity contribution in [2.45, 2.75) is 6.92 Å². The first-order valence-corrected chi connectivity index (χ1v) is 7.34. The third kappa shape index (κ3) is 2.83. The molecular formula is C17H15N3O4. The highest BCUT2D eigenvalue weighted by atomic mass is 16.5. The summed E-state index contributed by atoms with van der Waals surface area (Å²) in [5.41, 5.74) is 2.65. The minimum atomic E-state index is -0.432. The number of rotatable bonds is 4. The average Bonchev–Trinajstić information content (AvgIpc) is 3.09. The van der Waals surface area contributed by atoms with E-state index < -0.39 is 11.9 Å². The van der Waals surface area contributed by atoms with E-state index in [1.165, 1.54) is 7.11 Å². The standard InChI is InChI=1S/C17H15N3O4/c1-3-24-17(22)12-8-14(19-15-13(12)9-18-20-15)10-4-6-11(7-5-10)16(21)23-2/h4-9H,3H2,1-2H3,(H,18,19,20). The summed E-state index contributed by atoms with van der Waals surface area (Å²) in [7, 11) is 1.33. The highest BCUT2D eigenvalue weighted by molar-refractivity contribution is 6.03. The molecule has 0 bridgehead atoms. The Morgan fingerprint density at radius 1 is 1.17 bits per heavy atom. The van der Waals surface area contributed by atoms with E-state index in [1.54, 1.807) is 43.5 Å². The molecule has 0 saturated heterocycles. The van der Waals surface area contributed by atoms with Gasteiger partial charge in [0, 0.05) is 5.56 Å². The van der Waals surface area contributed by atoms with Gasteiger partial charge in [0.15, 0.2) is 5.65 Å². The van der Waals surface area contributed by atoms with E-state index in [0.717, 1.165) is 5.56 Å². The van der Waals surface area contributed by atoms with Crippen LogP contribution in [0.3, 0.4) is 0 Å². The van der Waals surface area contributed by atoms with Crippen LogP contribution in [0.1, 0.15) is 27.6 Å². The summed E-state index contributed by atoms with van der Waals surface area (Å²) in [6.45, 7) is 2.03. The molecule has 3 rings (SSSR count). The molecule has 122 valence electrons. The van der Waals surface area contributed by atoms with E-state index in [9.17, 15) is 9.59 Å². The van der Waals surface area contributed by atoms with Crippen molar-refractivity contribution in [3.05, 3.63) is 47.7 Å². The zero-order valence-electron chi connectivity index (χ0n) is 13.2. The SMILES string of the molecule is CCOC(=O)c1cc(-c2ccc(C(=O)OC)cc2)nc2[nH]ncc12. The van der Waals surface area contributed by atoms with Gasteiger partial charge in [0.05, 0.1) is 42.1 Å². The van der Waals surface area contributed by atoms with Crippen LogP contribution in [0.15, 0.2) is 36.5 Å². The number of benzene rings is 1. The molecule has 2 aromatic heterocycles. The normalized spacial score (nSPS) is 10.6. The number of hydrogen-bond acceptors (Lipinski definition) is 6. The maximum atomic E-state index is 12.2. The molecule has 0 spiro atoms. The molecule has 0 fully saturated rings. The lowest BCUT2D eigenvalue weighted by Gasteiger charge is -2.07. The van der Waals surface area contributed by atoms with E-state index in [2.05, 4.69) is 19.9 Å². The van der Waals surface area contributed by atoms with Gasteiger partial charge in [-0.1, -0.05) is 12.1 Å². The lowest BCUT2D eigenvalue weighted by Crippen LogP contribution is -2.06. The van der Waals surface area contributed by atoms with Gasteiger partial charge >= 0.3 is 11.9 Å². The molecule has 0 atom stereocenters. The molecule has 1 N–H and O–H groups in total. The quantitative estimate of drug-likeness (QED) is 0.741. The fraction of sp³-hybridized carbons (Fsp3) is 0.176. The number of carbonyl (C=O) groups is 2. The summed E-state index contributed by atoms with van der Waals surface area (Å²) in [6.07, 6.45) is 1.54. The van der Waals surface area contributed by atoms with Crippen molar-refractivity contribution in [3.63, 3.8) is 0 Å². The molecule has 0 saturated carbocycles. The van der Waals surface area contributed by atoms with Gasteiger partial charge in [-0.25, -0.2) is 14.6 Å². The van der Waals surface area contributed by atoms with Crippen LogP contribution in [-0.2, 0) is 9.47 Å². The van der Waals surface area contributed by atoms with Gasteiger partial charge in [0.1, 0.15) is 0 Å². The minimum Gasteiger partial charge on any atom is -0.465 e. The van der Waals surface area contributed by atoms with Gasteiger partial charge in [0.25, 0.3) is 0 Å². The molecule has 0 radical (unpaired) electrons.